The molecule has 0 saturated heterocycles. The number of aryl methyl sites for hydroxylation is 2. The highest BCUT2D eigenvalue weighted by atomic mass is 32.2. The van der Waals surface area contributed by atoms with Crippen LogP contribution in [0.4, 0.5) is 5.82 Å². The predicted molar refractivity (Wildman–Crippen MR) is 89.4 cm³/mol. The van der Waals surface area contributed by atoms with Gasteiger partial charge in [-0.05, 0) is 19.8 Å². The highest BCUT2D eigenvalue weighted by Crippen LogP contribution is 2.25. The van der Waals surface area contributed by atoms with Crippen molar-refractivity contribution in [2.24, 2.45) is 0 Å². The number of nitrogens with one attached hydrogen (secondary N) is 1. The molecule has 0 aliphatic heterocycles. The van der Waals surface area contributed by atoms with Crippen molar-refractivity contribution in [2.45, 2.75) is 63.4 Å². The third-order valence-electron chi connectivity index (χ3n) is 3.37. The summed E-state index contributed by atoms with van der Waals surface area (Å²) in [5.74, 6) is 1.00. The Morgan fingerprint density at radius 2 is 2.26 bits per heavy atom. The Morgan fingerprint density at radius 1 is 1.43 bits per heavy atom. The largest absolute Gasteiger partial charge is 0.360 e. The first-order chi connectivity index (χ1) is 11.1. The van der Waals surface area contributed by atoms with Gasteiger partial charge in [0.15, 0.2) is 11.0 Å². The van der Waals surface area contributed by atoms with E-state index in [4.69, 9.17) is 4.52 Å². The number of amides is 1. The molecule has 126 valence electrons. The van der Waals surface area contributed by atoms with Crippen molar-refractivity contribution in [3.8, 4) is 0 Å². The summed E-state index contributed by atoms with van der Waals surface area (Å²) in [7, 11) is 0. The van der Waals surface area contributed by atoms with Crippen molar-refractivity contribution >= 4 is 23.5 Å². The second-order valence-electron chi connectivity index (χ2n) is 5.34. The summed E-state index contributed by atoms with van der Waals surface area (Å²) in [5.41, 5.74) is 0. The lowest BCUT2D eigenvalue weighted by Crippen LogP contribution is -2.25. The molecule has 0 unspecified atom stereocenters. The van der Waals surface area contributed by atoms with E-state index in [0.29, 0.717) is 18.0 Å². The number of rotatable bonds is 9. The highest BCUT2D eigenvalue weighted by Gasteiger charge is 2.21. The van der Waals surface area contributed by atoms with Crippen molar-refractivity contribution < 1.29 is 9.32 Å². The van der Waals surface area contributed by atoms with E-state index in [9.17, 15) is 4.79 Å². The fourth-order valence-corrected chi connectivity index (χ4v) is 3.06. The van der Waals surface area contributed by atoms with Crippen LogP contribution in [-0.4, -0.2) is 31.1 Å². The van der Waals surface area contributed by atoms with Gasteiger partial charge in [-0.1, -0.05) is 43.6 Å². The summed E-state index contributed by atoms with van der Waals surface area (Å²) in [5, 5.41) is 15.2. The Morgan fingerprint density at radius 3 is 2.91 bits per heavy atom. The normalized spacial score (nSPS) is 12.3. The first kappa shape index (κ1) is 17.5. The summed E-state index contributed by atoms with van der Waals surface area (Å²) < 4.78 is 6.97. The van der Waals surface area contributed by atoms with Gasteiger partial charge in [-0.2, -0.15) is 0 Å². The molecule has 2 aromatic rings. The number of carbonyl (C=O) groups excluding carboxylic acids is 1. The topological polar surface area (TPSA) is 85.8 Å². The van der Waals surface area contributed by atoms with Crippen LogP contribution in [0.2, 0.25) is 0 Å². The van der Waals surface area contributed by atoms with Gasteiger partial charge in [-0.15, -0.1) is 10.2 Å². The molecule has 2 heterocycles. The minimum atomic E-state index is -0.249. The average molecular weight is 337 g/mol. The van der Waals surface area contributed by atoms with E-state index in [1.54, 1.807) is 19.3 Å². The monoisotopic (exact) mass is 337 g/mol. The van der Waals surface area contributed by atoms with Crippen molar-refractivity contribution in [2.75, 3.05) is 5.32 Å². The van der Waals surface area contributed by atoms with E-state index >= 15 is 0 Å². The fourth-order valence-electron chi connectivity index (χ4n) is 2.10. The molecule has 0 aliphatic rings. The summed E-state index contributed by atoms with van der Waals surface area (Å²) in [6.07, 6.45) is 5.84. The second-order valence-corrected chi connectivity index (χ2v) is 6.51. The standard InChI is InChI=1S/C15H23N5O2S/c1-4-6-7-8-20-10-16-18-15(20)23-12(5-2)14(21)17-13-9-11(3)22-19-13/h9-10,12H,4-8H2,1-3H3,(H,17,19,21)/t12-/m1/s1. The van der Waals surface area contributed by atoms with E-state index in [-0.39, 0.29) is 11.2 Å². The van der Waals surface area contributed by atoms with E-state index < -0.39 is 0 Å². The number of anilines is 1. The van der Waals surface area contributed by atoms with Gasteiger partial charge < -0.3 is 14.4 Å². The molecule has 0 fully saturated rings. The Kier molecular flexibility index (Phi) is 6.64. The van der Waals surface area contributed by atoms with E-state index in [1.165, 1.54) is 24.6 Å². The number of nitrogens with zero attached hydrogens (tertiary/aromatic N) is 4. The predicted octanol–water partition coefficient (Wildman–Crippen LogP) is 3.27. The number of carbonyl (C=O) groups is 1. The van der Waals surface area contributed by atoms with Crippen LogP contribution < -0.4 is 5.32 Å². The summed E-state index contributed by atoms with van der Waals surface area (Å²) in [6.45, 7) is 6.81. The highest BCUT2D eigenvalue weighted by molar-refractivity contribution is 8.00. The minimum absolute atomic E-state index is 0.103. The second kappa shape index (κ2) is 8.71. The quantitative estimate of drug-likeness (QED) is 0.558. The molecular formula is C15H23N5O2S. The molecule has 2 aromatic heterocycles. The zero-order chi connectivity index (χ0) is 16.7. The van der Waals surface area contributed by atoms with Crippen LogP contribution >= 0.6 is 11.8 Å². The van der Waals surface area contributed by atoms with Gasteiger partial charge in [-0.3, -0.25) is 4.79 Å². The Hall–Kier alpha value is -1.83. The molecule has 0 bridgehead atoms. The molecule has 0 saturated carbocycles. The van der Waals surface area contributed by atoms with E-state index in [2.05, 4.69) is 27.6 Å². The maximum Gasteiger partial charge on any atom is 0.239 e. The van der Waals surface area contributed by atoms with Crippen LogP contribution in [0.1, 0.15) is 45.3 Å². The van der Waals surface area contributed by atoms with E-state index in [1.807, 2.05) is 11.5 Å². The van der Waals surface area contributed by atoms with Crippen LogP contribution in [0.25, 0.3) is 0 Å². The molecular weight excluding hydrogens is 314 g/mol. The van der Waals surface area contributed by atoms with Crippen LogP contribution in [0.15, 0.2) is 22.1 Å². The molecule has 0 radical (unpaired) electrons. The van der Waals surface area contributed by atoms with Crippen molar-refractivity contribution in [1.29, 1.82) is 0 Å². The lowest BCUT2D eigenvalue weighted by Gasteiger charge is -2.13. The molecule has 0 aromatic carbocycles. The third-order valence-corrected chi connectivity index (χ3v) is 4.73. The lowest BCUT2D eigenvalue weighted by molar-refractivity contribution is -0.115. The van der Waals surface area contributed by atoms with Crippen LogP contribution in [0, 0.1) is 6.92 Å². The van der Waals surface area contributed by atoms with E-state index in [0.717, 1.165) is 18.1 Å². The summed E-state index contributed by atoms with van der Waals surface area (Å²) >= 11 is 1.43. The molecule has 0 aliphatic carbocycles. The molecule has 1 atom stereocenters. The maximum atomic E-state index is 12.4. The Labute approximate surface area is 140 Å². The molecule has 8 heteroatoms. The van der Waals surface area contributed by atoms with Gasteiger partial charge in [0.25, 0.3) is 0 Å². The number of hydrogen-bond donors (Lipinski definition) is 1. The Balaban J connectivity index is 1.96. The summed E-state index contributed by atoms with van der Waals surface area (Å²) in [4.78, 5) is 12.4. The zero-order valence-corrected chi connectivity index (χ0v) is 14.6. The van der Waals surface area contributed by atoms with Crippen LogP contribution in [0.3, 0.4) is 0 Å². The number of aromatic nitrogens is 4. The molecule has 1 amide bonds. The van der Waals surface area contributed by atoms with Gasteiger partial charge in [0, 0.05) is 12.6 Å². The van der Waals surface area contributed by atoms with Gasteiger partial charge >= 0.3 is 0 Å². The number of unbranched alkanes of at least 4 members (excludes halogenated alkanes) is 2. The van der Waals surface area contributed by atoms with Crippen molar-refractivity contribution in [3.63, 3.8) is 0 Å². The minimum Gasteiger partial charge on any atom is -0.360 e. The lowest BCUT2D eigenvalue weighted by atomic mass is 10.2. The van der Waals surface area contributed by atoms with Gasteiger partial charge in [0.2, 0.25) is 5.91 Å². The molecule has 2 rings (SSSR count). The van der Waals surface area contributed by atoms with Gasteiger partial charge in [0.1, 0.15) is 12.1 Å². The van der Waals surface area contributed by atoms with Crippen molar-refractivity contribution in [3.05, 3.63) is 18.2 Å². The zero-order valence-electron chi connectivity index (χ0n) is 13.8. The first-order valence-corrected chi connectivity index (χ1v) is 8.80. The number of thioether (sulfide) groups is 1. The summed E-state index contributed by atoms with van der Waals surface area (Å²) in [6, 6.07) is 1.70. The molecule has 0 spiro atoms. The number of hydrogen-bond acceptors (Lipinski definition) is 6. The SMILES string of the molecule is CCCCCn1cnnc1S[C@H](CC)C(=O)Nc1cc(C)on1. The Bertz CT molecular complexity index is 625. The van der Waals surface area contributed by atoms with Crippen LogP contribution in [-0.2, 0) is 11.3 Å². The third kappa shape index (κ3) is 5.09. The molecule has 23 heavy (non-hydrogen) atoms. The van der Waals surface area contributed by atoms with Crippen LogP contribution in [0.5, 0.6) is 0 Å². The fraction of sp³-hybridized carbons (Fsp3) is 0.600. The van der Waals surface area contributed by atoms with Gasteiger partial charge in [0.05, 0.1) is 5.25 Å². The van der Waals surface area contributed by atoms with Gasteiger partial charge in [-0.25, -0.2) is 0 Å². The van der Waals surface area contributed by atoms with Crippen molar-refractivity contribution in [1.82, 2.24) is 19.9 Å². The smallest absolute Gasteiger partial charge is 0.239 e. The average Bonchev–Trinajstić information content (AvgIpc) is 3.14. The first-order valence-electron chi connectivity index (χ1n) is 7.92. The maximum absolute atomic E-state index is 12.4. The molecule has 1 N–H and O–H groups in total. The molecule has 7 nitrogen and oxygen atoms in total.